The van der Waals surface area contributed by atoms with E-state index >= 15 is 0 Å². The minimum absolute atomic E-state index is 0.181. The van der Waals surface area contributed by atoms with Crippen LogP contribution in [0.4, 0.5) is 4.39 Å². The van der Waals surface area contributed by atoms with E-state index in [0.29, 0.717) is 18.1 Å². The monoisotopic (exact) mass is 342 g/mol. The molecular formula is C22H27FO2. The first kappa shape index (κ1) is 17.9. The second-order valence-corrected chi connectivity index (χ2v) is 6.86. The summed E-state index contributed by atoms with van der Waals surface area (Å²) in [6, 6.07) is 9.82. The molecular weight excluding hydrogens is 315 g/mol. The van der Waals surface area contributed by atoms with Gasteiger partial charge in [-0.3, -0.25) is 0 Å². The molecule has 2 heterocycles. The molecule has 0 bridgehead atoms. The zero-order valence-corrected chi connectivity index (χ0v) is 15.4. The lowest BCUT2D eigenvalue weighted by Crippen LogP contribution is -2.08. The van der Waals surface area contributed by atoms with Gasteiger partial charge in [0.1, 0.15) is 18.2 Å². The van der Waals surface area contributed by atoms with Crippen molar-refractivity contribution in [3.05, 3.63) is 52.8 Å². The molecule has 1 saturated heterocycles. The van der Waals surface area contributed by atoms with Crippen LogP contribution in [-0.4, -0.2) is 13.2 Å². The Kier molecular flexibility index (Phi) is 5.74. The van der Waals surface area contributed by atoms with Gasteiger partial charge in [-0.15, -0.1) is 0 Å². The molecule has 0 aromatic heterocycles. The van der Waals surface area contributed by atoms with Crippen LogP contribution >= 0.6 is 0 Å². The Bertz CT molecular complexity index is 731. The van der Waals surface area contributed by atoms with Crippen LogP contribution in [0, 0.1) is 12.7 Å². The molecule has 2 aromatic carbocycles. The number of aryl methyl sites for hydroxylation is 1. The first-order chi connectivity index (χ1) is 12.1. The zero-order valence-electron chi connectivity index (χ0n) is 15.4. The molecule has 4 rings (SSSR count). The first-order valence-electron chi connectivity index (χ1n) is 9.27. The summed E-state index contributed by atoms with van der Waals surface area (Å²) in [5.74, 6) is 1.05. The van der Waals surface area contributed by atoms with Gasteiger partial charge in [-0.1, -0.05) is 44.9 Å². The highest BCUT2D eigenvalue weighted by Crippen LogP contribution is 2.40. The van der Waals surface area contributed by atoms with Crippen LogP contribution in [0.25, 0.3) is 11.1 Å². The highest BCUT2D eigenvalue weighted by atomic mass is 19.1. The van der Waals surface area contributed by atoms with Crippen molar-refractivity contribution < 1.29 is 13.9 Å². The molecule has 0 radical (unpaired) electrons. The van der Waals surface area contributed by atoms with Crippen molar-refractivity contribution in [3.63, 3.8) is 0 Å². The Morgan fingerprint density at radius 1 is 1.08 bits per heavy atom. The van der Waals surface area contributed by atoms with Gasteiger partial charge in [0.25, 0.3) is 0 Å². The highest BCUT2D eigenvalue weighted by Gasteiger charge is 2.23. The number of hydrogen-bond acceptors (Lipinski definition) is 2. The summed E-state index contributed by atoms with van der Waals surface area (Å²) in [7, 11) is 0. The SMILES string of the molecule is CCCC.Cc1cc2c(cc1F)-c1cc(C3CCOC3)ccc1CO2. The number of halogens is 1. The van der Waals surface area contributed by atoms with E-state index in [4.69, 9.17) is 9.47 Å². The molecule has 25 heavy (non-hydrogen) atoms. The Hall–Kier alpha value is -1.87. The molecule has 134 valence electrons. The molecule has 1 atom stereocenters. The lowest BCUT2D eigenvalue weighted by molar-refractivity contribution is 0.194. The maximum atomic E-state index is 13.9. The number of benzene rings is 2. The average molecular weight is 342 g/mol. The number of ether oxygens (including phenoxy) is 2. The van der Waals surface area contributed by atoms with Crippen LogP contribution in [0.5, 0.6) is 5.75 Å². The second-order valence-electron chi connectivity index (χ2n) is 6.86. The van der Waals surface area contributed by atoms with E-state index in [1.165, 1.54) is 18.4 Å². The van der Waals surface area contributed by atoms with Crippen molar-refractivity contribution in [3.8, 4) is 16.9 Å². The molecule has 2 aliphatic heterocycles. The lowest BCUT2D eigenvalue weighted by Gasteiger charge is -2.23. The van der Waals surface area contributed by atoms with Crippen LogP contribution in [-0.2, 0) is 11.3 Å². The van der Waals surface area contributed by atoms with Crippen LogP contribution < -0.4 is 4.74 Å². The van der Waals surface area contributed by atoms with E-state index in [2.05, 4.69) is 32.0 Å². The molecule has 2 nitrogen and oxygen atoms in total. The van der Waals surface area contributed by atoms with E-state index in [1.54, 1.807) is 19.1 Å². The molecule has 3 heteroatoms. The summed E-state index contributed by atoms with van der Waals surface area (Å²) >= 11 is 0. The van der Waals surface area contributed by atoms with Crippen molar-refractivity contribution in [2.45, 2.75) is 52.6 Å². The van der Waals surface area contributed by atoms with Gasteiger partial charge in [0.05, 0.1) is 6.61 Å². The number of unbranched alkanes of at least 4 members (excludes halogenated alkanes) is 1. The normalized spacial score (nSPS) is 17.8. The van der Waals surface area contributed by atoms with Crippen molar-refractivity contribution in [2.24, 2.45) is 0 Å². The molecule has 0 spiro atoms. The molecule has 0 aliphatic carbocycles. The fraction of sp³-hybridized carbons (Fsp3) is 0.455. The van der Waals surface area contributed by atoms with Crippen molar-refractivity contribution in [1.82, 2.24) is 0 Å². The molecule has 1 unspecified atom stereocenters. The standard InChI is InChI=1S/C18H17FO2.C4H10/c1-11-6-18-16(8-17(11)19)15-7-12(13-4-5-20-9-13)2-3-14(15)10-21-18;1-3-4-2/h2-3,6-8,13H,4-5,9-10H2,1H3;3-4H2,1-2H3. The highest BCUT2D eigenvalue weighted by molar-refractivity contribution is 5.76. The minimum Gasteiger partial charge on any atom is -0.488 e. The minimum atomic E-state index is -0.181. The third-order valence-corrected chi connectivity index (χ3v) is 4.97. The summed E-state index contributed by atoms with van der Waals surface area (Å²) in [6.45, 7) is 8.29. The second kappa shape index (κ2) is 8.01. The Balaban J connectivity index is 0.000000415. The molecule has 2 aliphatic rings. The van der Waals surface area contributed by atoms with Gasteiger partial charge >= 0.3 is 0 Å². The summed E-state index contributed by atoms with van der Waals surface area (Å²) in [4.78, 5) is 0. The van der Waals surface area contributed by atoms with E-state index in [1.807, 2.05) is 0 Å². The Morgan fingerprint density at radius 3 is 2.56 bits per heavy atom. The average Bonchev–Trinajstić information content (AvgIpc) is 3.17. The largest absolute Gasteiger partial charge is 0.488 e. The molecule has 1 fully saturated rings. The Morgan fingerprint density at radius 2 is 1.88 bits per heavy atom. The van der Waals surface area contributed by atoms with E-state index in [-0.39, 0.29) is 5.82 Å². The van der Waals surface area contributed by atoms with Crippen molar-refractivity contribution in [2.75, 3.05) is 13.2 Å². The van der Waals surface area contributed by atoms with Crippen LogP contribution in [0.15, 0.2) is 30.3 Å². The van der Waals surface area contributed by atoms with Crippen LogP contribution in [0.3, 0.4) is 0 Å². The fourth-order valence-electron chi connectivity index (χ4n) is 3.16. The number of fused-ring (bicyclic) bond motifs is 3. The lowest BCUT2D eigenvalue weighted by atomic mass is 9.90. The van der Waals surface area contributed by atoms with Crippen LogP contribution in [0.1, 0.15) is 55.7 Å². The summed E-state index contributed by atoms with van der Waals surface area (Å²) in [6.07, 6.45) is 3.70. The predicted octanol–water partition coefficient (Wildman–Crippen LogP) is 6.00. The smallest absolute Gasteiger partial charge is 0.128 e. The quantitative estimate of drug-likeness (QED) is 0.666. The third-order valence-electron chi connectivity index (χ3n) is 4.97. The number of rotatable bonds is 2. The van der Waals surface area contributed by atoms with Crippen molar-refractivity contribution >= 4 is 0 Å². The van der Waals surface area contributed by atoms with Gasteiger partial charge in [0.2, 0.25) is 0 Å². The molecule has 0 N–H and O–H groups in total. The summed E-state index contributed by atoms with van der Waals surface area (Å²) in [5.41, 5.74) is 4.98. The van der Waals surface area contributed by atoms with Gasteiger partial charge in [0, 0.05) is 18.1 Å². The zero-order chi connectivity index (χ0) is 17.8. The first-order valence-corrected chi connectivity index (χ1v) is 9.27. The van der Waals surface area contributed by atoms with Crippen LogP contribution in [0.2, 0.25) is 0 Å². The summed E-state index contributed by atoms with van der Waals surface area (Å²) < 4.78 is 25.2. The Labute approximate surface area is 150 Å². The van der Waals surface area contributed by atoms with E-state index in [0.717, 1.165) is 42.1 Å². The van der Waals surface area contributed by atoms with Gasteiger partial charge in [-0.05, 0) is 47.7 Å². The third kappa shape index (κ3) is 3.87. The van der Waals surface area contributed by atoms with Gasteiger partial charge in [-0.2, -0.15) is 0 Å². The maximum Gasteiger partial charge on any atom is 0.128 e. The topological polar surface area (TPSA) is 18.5 Å². The molecule has 0 amide bonds. The maximum absolute atomic E-state index is 13.9. The van der Waals surface area contributed by atoms with Gasteiger partial charge < -0.3 is 9.47 Å². The summed E-state index contributed by atoms with van der Waals surface area (Å²) in [5, 5.41) is 0. The van der Waals surface area contributed by atoms with Crippen molar-refractivity contribution in [1.29, 1.82) is 0 Å². The fourth-order valence-corrected chi connectivity index (χ4v) is 3.16. The van der Waals surface area contributed by atoms with E-state index in [9.17, 15) is 4.39 Å². The molecule has 2 aromatic rings. The van der Waals surface area contributed by atoms with Gasteiger partial charge in [-0.25, -0.2) is 4.39 Å². The number of hydrogen-bond donors (Lipinski definition) is 0. The predicted molar refractivity (Wildman–Crippen MR) is 99.7 cm³/mol. The van der Waals surface area contributed by atoms with E-state index < -0.39 is 0 Å². The van der Waals surface area contributed by atoms with Gasteiger partial charge in [0.15, 0.2) is 0 Å². The molecule has 0 saturated carbocycles.